The Bertz CT molecular complexity index is 147. The minimum Gasteiger partial charge on any atom is -0.314 e. The number of hydrogen-bond acceptors (Lipinski definition) is 1. The van der Waals surface area contributed by atoms with E-state index < -0.39 is 0 Å². The van der Waals surface area contributed by atoms with Crippen molar-refractivity contribution < 1.29 is 0 Å². The molecule has 1 unspecified atom stereocenters. The van der Waals surface area contributed by atoms with Gasteiger partial charge in [0.25, 0.3) is 0 Å². The van der Waals surface area contributed by atoms with E-state index in [0.29, 0.717) is 6.04 Å². The average Bonchev–Trinajstić information content (AvgIpc) is 2.18. The molecule has 1 fully saturated rings. The summed E-state index contributed by atoms with van der Waals surface area (Å²) in [7, 11) is 0. The highest BCUT2D eigenvalue weighted by atomic mass is 14.9. The van der Waals surface area contributed by atoms with Crippen LogP contribution in [0.1, 0.15) is 65.7 Å². The Balaban J connectivity index is 1.99. The monoisotopic (exact) mass is 211 g/mol. The molecule has 1 rings (SSSR count). The number of nitrogens with one attached hydrogen (secondary N) is 1. The summed E-state index contributed by atoms with van der Waals surface area (Å²) >= 11 is 0. The van der Waals surface area contributed by atoms with Gasteiger partial charge in [-0.05, 0) is 38.1 Å². The summed E-state index contributed by atoms with van der Waals surface area (Å²) in [6, 6.07) is 0.702. The first-order chi connectivity index (χ1) is 7.18. The Kier molecular flexibility index (Phi) is 6.31. The van der Waals surface area contributed by atoms with Gasteiger partial charge in [0.15, 0.2) is 0 Å². The van der Waals surface area contributed by atoms with Crippen molar-refractivity contribution in [3.05, 3.63) is 0 Å². The molecule has 0 aliphatic heterocycles. The Morgan fingerprint density at radius 1 is 1.07 bits per heavy atom. The molecular formula is C14H29N. The van der Waals surface area contributed by atoms with E-state index in [1.807, 2.05) is 0 Å². The molecule has 1 N–H and O–H groups in total. The Morgan fingerprint density at radius 3 is 2.33 bits per heavy atom. The predicted molar refractivity (Wildman–Crippen MR) is 68.1 cm³/mol. The third-order valence-electron chi connectivity index (χ3n) is 3.60. The largest absolute Gasteiger partial charge is 0.314 e. The van der Waals surface area contributed by atoms with Crippen LogP contribution in [0, 0.1) is 11.8 Å². The van der Waals surface area contributed by atoms with Gasteiger partial charge in [-0.15, -0.1) is 0 Å². The lowest BCUT2D eigenvalue weighted by Gasteiger charge is -2.23. The Hall–Kier alpha value is -0.0400. The minimum absolute atomic E-state index is 0.702. The van der Waals surface area contributed by atoms with Crippen LogP contribution in [0.5, 0.6) is 0 Å². The van der Waals surface area contributed by atoms with Crippen molar-refractivity contribution in [3.63, 3.8) is 0 Å². The van der Waals surface area contributed by atoms with Gasteiger partial charge in [0.1, 0.15) is 0 Å². The molecule has 1 aliphatic rings. The molecule has 1 nitrogen and oxygen atoms in total. The molecule has 0 radical (unpaired) electrons. The van der Waals surface area contributed by atoms with E-state index in [1.54, 1.807) is 0 Å². The maximum atomic E-state index is 3.66. The van der Waals surface area contributed by atoms with Gasteiger partial charge in [0.2, 0.25) is 0 Å². The average molecular weight is 211 g/mol. The maximum Gasteiger partial charge on any atom is 0.00411 e. The normalized spacial score (nSPS) is 20.8. The van der Waals surface area contributed by atoms with Gasteiger partial charge in [-0.3, -0.25) is 0 Å². The molecule has 0 amide bonds. The van der Waals surface area contributed by atoms with E-state index in [2.05, 4.69) is 26.1 Å². The third kappa shape index (κ3) is 6.19. The van der Waals surface area contributed by atoms with E-state index in [4.69, 9.17) is 0 Å². The van der Waals surface area contributed by atoms with Crippen molar-refractivity contribution >= 4 is 0 Å². The molecule has 0 aromatic heterocycles. The molecule has 0 heterocycles. The standard InChI is InChI=1S/C14H29N/c1-12(2)11-13(3)15-10-9-14-7-5-4-6-8-14/h12-15H,4-11H2,1-3H3. The molecule has 1 heteroatoms. The van der Waals surface area contributed by atoms with E-state index in [9.17, 15) is 0 Å². The van der Waals surface area contributed by atoms with Crippen LogP contribution in [0.2, 0.25) is 0 Å². The molecule has 90 valence electrons. The second kappa shape index (κ2) is 7.27. The van der Waals surface area contributed by atoms with Crippen LogP contribution < -0.4 is 5.32 Å². The summed E-state index contributed by atoms with van der Waals surface area (Å²) in [5.74, 6) is 1.85. The molecule has 1 saturated carbocycles. The smallest absolute Gasteiger partial charge is 0.00411 e. The lowest BCUT2D eigenvalue weighted by Crippen LogP contribution is -2.29. The van der Waals surface area contributed by atoms with Crippen molar-refractivity contribution in [2.45, 2.75) is 71.8 Å². The van der Waals surface area contributed by atoms with Crippen LogP contribution in [-0.4, -0.2) is 12.6 Å². The van der Waals surface area contributed by atoms with Crippen LogP contribution in [0.25, 0.3) is 0 Å². The van der Waals surface area contributed by atoms with Gasteiger partial charge in [0, 0.05) is 6.04 Å². The summed E-state index contributed by atoms with van der Waals surface area (Å²) in [5.41, 5.74) is 0. The van der Waals surface area contributed by atoms with Crippen molar-refractivity contribution in [2.75, 3.05) is 6.54 Å². The van der Waals surface area contributed by atoms with Gasteiger partial charge in [-0.1, -0.05) is 46.0 Å². The van der Waals surface area contributed by atoms with Gasteiger partial charge in [-0.2, -0.15) is 0 Å². The topological polar surface area (TPSA) is 12.0 Å². The fourth-order valence-electron chi connectivity index (χ4n) is 2.80. The zero-order valence-corrected chi connectivity index (χ0v) is 10.9. The van der Waals surface area contributed by atoms with Crippen molar-refractivity contribution in [1.82, 2.24) is 5.32 Å². The van der Waals surface area contributed by atoms with Gasteiger partial charge in [-0.25, -0.2) is 0 Å². The highest BCUT2D eigenvalue weighted by Crippen LogP contribution is 2.25. The second-order valence-electron chi connectivity index (χ2n) is 5.78. The zero-order chi connectivity index (χ0) is 11.1. The first-order valence-corrected chi connectivity index (χ1v) is 6.92. The van der Waals surface area contributed by atoms with Gasteiger partial charge >= 0.3 is 0 Å². The van der Waals surface area contributed by atoms with Crippen LogP contribution >= 0.6 is 0 Å². The molecule has 0 bridgehead atoms. The van der Waals surface area contributed by atoms with Crippen LogP contribution in [-0.2, 0) is 0 Å². The summed E-state index contributed by atoms with van der Waals surface area (Å²) in [5, 5.41) is 3.66. The zero-order valence-electron chi connectivity index (χ0n) is 10.9. The number of rotatable bonds is 6. The predicted octanol–water partition coefficient (Wildman–Crippen LogP) is 3.98. The van der Waals surface area contributed by atoms with Crippen LogP contribution in [0.15, 0.2) is 0 Å². The summed E-state index contributed by atoms with van der Waals surface area (Å²) in [4.78, 5) is 0. The number of hydrogen-bond donors (Lipinski definition) is 1. The SMILES string of the molecule is CC(C)CC(C)NCCC1CCCCC1. The summed E-state index contributed by atoms with van der Waals surface area (Å²) in [6.07, 6.45) is 10.1. The van der Waals surface area contributed by atoms with Crippen LogP contribution in [0.4, 0.5) is 0 Å². The van der Waals surface area contributed by atoms with E-state index >= 15 is 0 Å². The fraction of sp³-hybridized carbons (Fsp3) is 1.00. The van der Waals surface area contributed by atoms with E-state index in [-0.39, 0.29) is 0 Å². The lowest BCUT2D eigenvalue weighted by molar-refractivity contribution is 0.324. The lowest BCUT2D eigenvalue weighted by atomic mass is 9.87. The molecule has 1 atom stereocenters. The van der Waals surface area contributed by atoms with Crippen molar-refractivity contribution in [1.29, 1.82) is 0 Å². The molecule has 15 heavy (non-hydrogen) atoms. The van der Waals surface area contributed by atoms with E-state index in [1.165, 1.54) is 51.5 Å². The van der Waals surface area contributed by atoms with Gasteiger partial charge in [0.05, 0.1) is 0 Å². The summed E-state index contributed by atoms with van der Waals surface area (Å²) in [6.45, 7) is 8.16. The highest BCUT2D eigenvalue weighted by Gasteiger charge is 2.13. The fourth-order valence-corrected chi connectivity index (χ4v) is 2.80. The molecule has 1 aliphatic carbocycles. The van der Waals surface area contributed by atoms with Crippen molar-refractivity contribution in [2.24, 2.45) is 11.8 Å². The highest BCUT2D eigenvalue weighted by molar-refractivity contribution is 4.69. The quantitative estimate of drug-likeness (QED) is 0.700. The van der Waals surface area contributed by atoms with Gasteiger partial charge < -0.3 is 5.32 Å². The first-order valence-electron chi connectivity index (χ1n) is 6.92. The summed E-state index contributed by atoms with van der Waals surface area (Å²) < 4.78 is 0. The molecular weight excluding hydrogens is 182 g/mol. The van der Waals surface area contributed by atoms with Crippen molar-refractivity contribution in [3.8, 4) is 0 Å². The van der Waals surface area contributed by atoms with Crippen LogP contribution in [0.3, 0.4) is 0 Å². The Labute approximate surface area is 96.0 Å². The molecule has 0 aromatic rings. The van der Waals surface area contributed by atoms with E-state index in [0.717, 1.165) is 11.8 Å². The first kappa shape index (κ1) is 13.0. The molecule has 0 spiro atoms. The minimum atomic E-state index is 0.702. The maximum absolute atomic E-state index is 3.66. The second-order valence-corrected chi connectivity index (χ2v) is 5.78. The third-order valence-corrected chi connectivity index (χ3v) is 3.60. The molecule has 0 aromatic carbocycles. The Morgan fingerprint density at radius 2 is 1.73 bits per heavy atom. The molecule has 0 saturated heterocycles.